The summed E-state index contributed by atoms with van der Waals surface area (Å²) in [5.41, 5.74) is 2.32. The summed E-state index contributed by atoms with van der Waals surface area (Å²) in [6, 6.07) is 8.54. The largest absolute Gasteiger partial charge is 0.356 e. The molecule has 0 heterocycles. The second-order valence-corrected chi connectivity index (χ2v) is 6.92. The lowest BCUT2D eigenvalue weighted by Gasteiger charge is -2.21. The van der Waals surface area contributed by atoms with Crippen molar-refractivity contribution in [1.82, 2.24) is 16.0 Å². The Kier molecular flexibility index (Phi) is 9.96. The highest BCUT2D eigenvalue weighted by atomic mass is 127. The average Bonchev–Trinajstić information content (AvgIpc) is 2.46. The van der Waals surface area contributed by atoms with E-state index in [0.29, 0.717) is 11.9 Å². The Bertz CT molecular complexity index is 535. The molecule has 24 heavy (non-hydrogen) atoms. The van der Waals surface area contributed by atoms with E-state index in [1.54, 1.807) is 7.05 Å². The summed E-state index contributed by atoms with van der Waals surface area (Å²) in [6.45, 7) is 11.1. The molecule has 1 unspecified atom stereocenters. The molecule has 0 aliphatic heterocycles. The van der Waals surface area contributed by atoms with Gasteiger partial charge in [-0.25, -0.2) is 0 Å². The molecule has 0 spiro atoms. The van der Waals surface area contributed by atoms with Gasteiger partial charge in [0.15, 0.2) is 5.96 Å². The molecule has 0 aliphatic rings. The zero-order valence-corrected chi connectivity index (χ0v) is 17.9. The van der Waals surface area contributed by atoms with Crippen molar-refractivity contribution in [1.29, 1.82) is 0 Å². The van der Waals surface area contributed by atoms with E-state index in [1.807, 2.05) is 20.8 Å². The second-order valence-electron chi connectivity index (χ2n) is 6.92. The lowest BCUT2D eigenvalue weighted by atomic mass is 10.0. The number of aliphatic imine (C=N–C) groups is 1. The van der Waals surface area contributed by atoms with Gasteiger partial charge in [0.2, 0.25) is 5.91 Å². The topological polar surface area (TPSA) is 65.5 Å². The van der Waals surface area contributed by atoms with Crippen LogP contribution in [0.4, 0.5) is 0 Å². The van der Waals surface area contributed by atoms with E-state index < -0.39 is 0 Å². The third kappa shape index (κ3) is 9.10. The summed E-state index contributed by atoms with van der Waals surface area (Å²) in [7, 11) is 1.70. The quantitative estimate of drug-likeness (QED) is 0.370. The monoisotopic (exact) mass is 446 g/mol. The number of nitrogens with zero attached hydrogens (tertiary/aromatic N) is 1. The Labute approximate surface area is 163 Å². The van der Waals surface area contributed by atoms with Crippen LogP contribution >= 0.6 is 24.0 Å². The van der Waals surface area contributed by atoms with Crippen molar-refractivity contribution in [3.8, 4) is 0 Å². The van der Waals surface area contributed by atoms with Gasteiger partial charge in [-0.3, -0.25) is 9.79 Å². The molecular weight excluding hydrogens is 415 g/mol. The predicted octanol–water partition coefficient (Wildman–Crippen LogP) is 2.80. The first-order valence-electron chi connectivity index (χ1n) is 8.03. The van der Waals surface area contributed by atoms with Gasteiger partial charge in [0.1, 0.15) is 0 Å². The molecule has 1 atom stereocenters. The molecule has 0 aromatic heterocycles. The highest BCUT2D eigenvalue weighted by Gasteiger charge is 2.14. The highest BCUT2D eigenvalue weighted by Crippen LogP contribution is 2.14. The number of carbonyl (C=O) groups is 1. The van der Waals surface area contributed by atoms with Crippen LogP contribution in [0.2, 0.25) is 0 Å². The summed E-state index contributed by atoms with van der Waals surface area (Å²) < 4.78 is 0. The first kappa shape index (κ1) is 22.7. The SMILES string of the molecule is CN=C(NCC(=O)NC(C)(C)C)NCC(C)c1ccc(C)cc1.I. The zero-order valence-electron chi connectivity index (χ0n) is 15.6. The van der Waals surface area contributed by atoms with E-state index in [0.717, 1.165) is 6.54 Å². The van der Waals surface area contributed by atoms with Crippen molar-refractivity contribution >= 4 is 35.8 Å². The predicted molar refractivity (Wildman–Crippen MR) is 112 cm³/mol. The number of nitrogens with one attached hydrogen (secondary N) is 3. The van der Waals surface area contributed by atoms with Crippen LogP contribution in [0.5, 0.6) is 0 Å². The van der Waals surface area contributed by atoms with Crippen molar-refractivity contribution in [2.75, 3.05) is 20.1 Å². The standard InChI is InChI=1S/C18H30N4O.HI/c1-13-7-9-15(10-8-13)14(2)11-20-17(19-6)21-12-16(23)22-18(3,4)5;/h7-10,14H,11-12H2,1-6H3,(H,22,23)(H2,19,20,21);1H. The van der Waals surface area contributed by atoms with Crippen LogP contribution < -0.4 is 16.0 Å². The lowest BCUT2D eigenvalue weighted by molar-refractivity contribution is -0.121. The minimum absolute atomic E-state index is 0. The number of amides is 1. The highest BCUT2D eigenvalue weighted by molar-refractivity contribution is 14.0. The molecule has 0 radical (unpaired) electrons. The van der Waals surface area contributed by atoms with Gasteiger partial charge in [0.05, 0.1) is 6.54 Å². The van der Waals surface area contributed by atoms with Gasteiger partial charge in [0, 0.05) is 19.1 Å². The smallest absolute Gasteiger partial charge is 0.239 e. The van der Waals surface area contributed by atoms with E-state index in [-0.39, 0.29) is 42.0 Å². The number of rotatable bonds is 5. The van der Waals surface area contributed by atoms with E-state index in [1.165, 1.54) is 11.1 Å². The summed E-state index contributed by atoms with van der Waals surface area (Å²) in [5, 5.41) is 9.20. The molecule has 0 saturated carbocycles. The van der Waals surface area contributed by atoms with Crippen molar-refractivity contribution < 1.29 is 4.79 Å². The van der Waals surface area contributed by atoms with Crippen LogP contribution in [0, 0.1) is 6.92 Å². The van der Waals surface area contributed by atoms with Crippen molar-refractivity contribution in [2.24, 2.45) is 4.99 Å². The lowest BCUT2D eigenvalue weighted by Crippen LogP contribution is -2.48. The van der Waals surface area contributed by atoms with Crippen molar-refractivity contribution in [2.45, 2.75) is 46.1 Å². The maximum atomic E-state index is 11.8. The molecule has 0 saturated heterocycles. The maximum Gasteiger partial charge on any atom is 0.239 e. The molecule has 1 rings (SSSR count). The van der Waals surface area contributed by atoms with Crippen LogP contribution in [0.15, 0.2) is 29.3 Å². The van der Waals surface area contributed by atoms with Crippen molar-refractivity contribution in [3.63, 3.8) is 0 Å². The molecule has 0 aliphatic carbocycles. The maximum absolute atomic E-state index is 11.8. The molecule has 0 bridgehead atoms. The molecular formula is C18H31IN4O. The normalized spacial score (nSPS) is 12.8. The molecule has 136 valence electrons. The van der Waals surface area contributed by atoms with E-state index in [2.05, 4.69) is 59.1 Å². The third-order valence-corrected chi connectivity index (χ3v) is 3.38. The fraction of sp³-hybridized carbons (Fsp3) is 0.556. The Morgan fingerprint density at radius 3 is 2.25 bits per heavy atom. The fourth-order valence-corrected chi connectivity index (χ4v) is 2.11. The molecule has 1 aromatic rings. The minimum atomic E-state index is -0.227. The number of hydrogen-bond acceptors (Lipinski definition) is 2. The third-order valence-electron chi connectivity index (χ3n) is 3.38. The van der Waals surface area contributed by atoms with Gasteiger partial charge < -0.3 is 16.0 Å². The molecule has 3 N–H and O–H groups in total. The average molecular weight is 446 g/mol. The summed E-state index contributed by atoms with van der Waals surface area (Å²) in [4.78, 5) is 16.0. The summed E-state index contributed by atoms with van der Waals surface area (Å²) in [6.07, 6.45) is 0. The number of aryl methyl sites for hydroxylation is 1. The molecule has 6 heteroatoms. The van der Waals surface area contributed by atoms with Crippen LogP contribution in [0.1, 0.15) is 44.7 Å². The number of guanidine groups is 1. The van der Waals surface area contributed by atoms with Gasteiger partial charge in [-0.1, -0.05) is 36.8 Å². The number of halogens is 1. The van der Waals surface area contributed by atoms with Crippen LogP contribution in [-0.2, 0) is 4.79 Å². The van der Waals surface area contributed by atoms with Gasteiger partial charge in [-0.05, 0) is 39.2 Å². The first-order chi connectivity index (χ1) is 10.7. The van der Waals surface area contributed by atoms with Crippen LogP contribution in [0.3, 0.4) is 0 Å². The first-order valence-corrected chi connectivity index (χ1v) is 8.03. The van der Waals surface area contributed by atoms with E-state index in [9.17, 15) is 4.79 Å². The second kappa shape index (κ2) is 10.5. The van der Waals surface area contributed by atoms with Gasteiger partial charge in [-0.2, -0.15) is 0 Å². The zero-order chi connectivity index (χ0) is 17.5. The summed E-state index contributed by atoms with van der Waals surface area (Å²) in [5.74, 6) is 0.942. The van der Waals surface area contributed by atoms with E-state index in [4.69, 9.17) is 0 Å². The molecule has 5 nitrogen and oxygen atoms in total. The van der Waals surface area contributed by atoms with Gasteiger partial charge in [0.25, 0.3) is 0 Å². The molecule has 1 amide bonds. The Morgan fingerprint density at radius 2 is 1.75 bits per heavy atom. The Hall–Kier alpha value is -1.31. The number of carbonyl (C=O) groups excluding carboxylic acids is 1. The molecule has 1 aromatic carbocycles. The molecule has 0 fully saturated rings. The fourth-order valence-electron chi connectivity index (χ4n) is 2.11. The Balaban J connectivity index is 0.00000529. The van der Waals surface area contributed by atoms with Crippen LogP contribution in [0.25, 0.3) is 0 Å². The Morgan fingerprint density at radius 1 is 1.17 bits per heavy atom. The minimum Gasteiger partial charge on any atom is -0.356 e. The van der Waals surface area contributed by atoms with Crippen molar-refractivity contribution in [3.05, 3.63) is 35.4 Å². The van der Waals surface area contributed by atoms with E-state index >= 15 is 0 Å². The van der Waals surface area contributed by atoms with Gasteiger partial charge >= 0.3 is 0 Å². The summed E-state index contributed by atoms with van der Waals surface area (Å²) >= 11 is 0. The number of hydrogen-bond donors (Lipinski definition) is 3. The van der Waals surface area contributed by atoms with Gasteiger partial charge in [-0.15, -0.1) is 24.0 Å². The van der Waals surface area contributed by atoms with Crippen LogP contribution in [-0.4, -0.2) is 37.5 Å². The number of benzene rings is 1.